The van der Waals surface area contributed by atoms with Gasteiger partial charge in [0, 0.05) is 31.1 Å². The Morgan fingerprint density at radius 1 is 1.00 bits per heavy atom. The molecule has 2 amide bonds. The summed E-state index contributed by atoms with van der Waals surface area (Å²) in [5, 5.41) is 2.93. The van der Waals surface area contributed by atoms with E-state index in [9.17, 15) is 22.4 Å². The van der Waals surface area contributed by atoms with Gasteiger partial charge in [0.05, 0.1) is 4.90 Å². The highest BCUT2D eigenvalue weighted by atomic mass is 32.2. The quantitative estimate of drug-likeness (QED) is 0.706. The minimum atomic E-state index is -4.08. The maximum atomic E-state index is 13.3. The molecule has 1 aliphatic heterocycles. The Balaban J connectivity index is 1.59. The van der Waals surface area contributed by atoms with Crippen molar-refractivity contribution in [1.82, 2.24) is 14.5 Å². The predicted molar refractivity (Wildman–Crippen MR) is 107 cm³/mol. The molecule has 1 saturated heterocycles. The maximum Gasteiger partial charge on any atom is 0.259 e. The smallest absolute Gasteiger partial charge is 0.259 e. The molecule has 164 valence electrons. The summed E-state index contributed by atoms with van der Waals surface area (Å²) in [6, 6.07) is 4.51. The summed E-state index contributed by atoms with van der Waals surface area (Å²) in [5.41, 5.74) is 5.93. The molecule has 1 aromatic rings. The Morgan fingerprint density at radius 2 is 1.63 bits per heavy atom. The first-order chi connectivity index (χ1) is 14.3. The summed E-state index contributed by atoms with van der Waals surface area (Å²) < 4.78 is 40.8. The summed E-state index contributed by atoms with van der Waals surface area (Å²) in [4.78, 5) is 27.2. The summed E-state index contributed by atoms with van der Waals surface area (Å²) in [6.07, 6.45) is 3.31. The van der Waals surface area contributed by atoms with Crippen LogP contribution in [0.4, 0.5) is 4.39 Å². The third-order valence-corrected chi connectivity index (χ3v) is 7.98. The zero-order valence-corrected chi connectivity index (χ0v) is 17.5. The molecular formula is C20H27FN4O4S. The van der Waals surface area contributed by atoms with Crippen molar-refractivity contribution in [1.29, 1.82) is 0 Å². The third-order valence-electron chi connectivity index (χ3n) is 6.11. The van der Waals surface area contributed by atoms with Crippen LogP contribution in [0, 0.1) is 11.7 Å². The highest BCUT2D eigenvalue weighted by Gasteiger charge is 2.49. The Hall–Kier alpha value is -2.04. The van der Waals surface area contributed by atoms with E-state index in [4.69, 9.17) is 5.73 Å². The van der Waals surface area contributed by atoms with Gasteiger partial charge in [-0.15, -0.1) is 0 Å². The van der Waals surface area contributed by atoms with Crippen molar-refractivity contribution in [3.63, 3.8) is 0 Å². The summed E-state index contributed by atoms with van der Waals surface area (Å²) >= 11 is 0. The fourth-order valence-electron chi connectivity index (χ4n) is 4.21. The van der Waals surface area contributed by atoms with Crippen molar-refractivity contribution < 1.29 is 22.4 Å². The van der Waals surface area contributed by atoms with Crippen LogP contribution >= 0.6 is 0 Å². The van der Waals surface area contributed by atoms with Crippen molar-refractivity contribution >= 4 is 21.8 Å². The van der Waals surface area contributed by atoms with Crippen molar-refractivity contribution in [2.24, 2.45) is 11.7 Å². The molecule has 8 nitrogen and oxygen atoms in total. The van der Waals surface area contributed by atoms with Crippen LogP contribution in [-0.4, -0.2) is 60.8 Å². The van der Waals surface area contributed by atoms with Gasteiger partial charge in [0.15, 0.2) is 6.17 Å². The number of nitrogens with zero attached hydrogens (tertiary/aromatic N) is 2. The average Bonchev–Trinajstić information content (AvgIpc) is 3.46. The highest BCUT2D eigenvalue weighted by molar-refractivity contribution is 7.89. The van der Waals surface area contributed by atoms with Crippen LogP contribution in [0.15, 0.2) is 29.2 Å². The number of hydrogen-bond acceptors (Lipinski definition) is 5. The summed E-state index contributed by atoms with van der Waals surface area (Å²) in [5.74, 6) is -1.36. The van der Waals surface area contributed by atoms with Crippen LogP contribution in [0.3, 0.4) is 0 Å². The van der Waals surface area contributed by atoms with E-state index in [1.54, 1.807) is 0 Å². The van der Waals surface area contributed by atoms with Gasteiger partial charge in [-0.3, -0.25) is 9.59 Å². The summed E-state index contributed by atoms with van der Waals surface area (Å²) in [6.45, 7) is 0.176. The maximum absolute atomic E-state index is 13.3. The molecule has 3 N–H and O–H groups in total. The fraction of sp³-hybridized carbons (Fsp3) is 0.600. The average molecular weight is 439 g/mol. The van der Waals surface area contributed by atoms with E-state index in [1.165, 1.54) is 17.0 Å². The van der Waals surface area contributed by atoms with Crippen LogP contribution in [0.2, 0.25) is 0 Å². The lowest BCUT2D eigenvalue weighted by Crippen LogP contribution is -2.56. The lowest BCUT2D eigenvalue weighted by Gasteiger charge is -2.32. The van der Waals surface area contributed by atoms with Gasteiger partial charge in [-0.25, -0.2) is 12.8 Å². The third kappa shape index (κ3) is 4.21. The van der Waals surface area contributed by atoms with E-state index < -0.39 is 27.9 Å². The van der Waals surface area contributed by atoms with E-state index in [0.717, 1.165) is 55.0 Å². The zero-order valence-electron chi connectivity index (χ0n) is 16.7. The molecule has 3 aliphatic rings. The van der Waals surface area contributed by atoms with Gasteiger partial charge in [0.25, 0.3) is 5.91 Å². The Labute approximate surface area is 175 Å². The topological polar surface area (TPSA) is 113 Å². The second kappa shape index (κ2) is 8.24. The number of carbonyl (C=O) groups is 2. The van der Waals surface area contributed by atoms with Gasteiger partial charge < -0.3 is 16.0 Å². The molecule has 1 atom stereocenters. The number of halogens is 1. The van der Waals surface area contributed by atoms with E-state index in [0.29, 0.717) is 0 Å². The van der Waals surface area contributed by atoms with Crippen LogP contribution < -0.4 is 11.1 Å². The van der Waals surface area contributed by atoms with Crippen LogP contribution in [0.5, 0.6) is 0 Å². The molecule has 0 radical (unpaired) electrons. The van der Waals surface area contributed by atoms with Gasteiger partial charge in [0.1, 0.15) is 5.82 Å². The first-order valence-corrected chi connectivity index (χ1v) is 11.9. The monoisotopic (exact) mass is 438 g/mol. The number of sulfonamides is 1. The molecule has 3 fully saturated rings. The van der Waals surface area contributed by atoms with E-state index in [1.807, 2.05) is 0 Å². The first-order valence-electron chi connectivity index (χ1n) is 10.4. The number of amides is 2. The van der Waals surface area contributed by atoms with Gasteiger partial charge in [0.2, 0.25) is 15.9 Å². The van der Waals surface area contributed by atoms with Gasteiger partial charge in [-0.2, -0.15) is 4.31 Å². The zero-order chi connectivity index (χ0) is 21.5. The van der Waals surface area contributed by atoms with Crippen molar-refractivity contribution in [3.8, 4) is 0 Å². The van der Waals surface area contributed by atoms with E-state index in [-0.39, 0.29) is 41.9 Å². The molecule has 0 bridgehead atoms. The van der Waals surface area contributed by atoms with Gasteiger partial charge in [-0.1, -0.05) is 0 Å². The van der Waals surface area contributed by atoms with Crippen LogP contribution in [0.1, 0.15) is 38.5 Å². The lowest BCUT2D eigenvalue weighted by molar-refractivity contribution is -0.142. The largest absolute Gasteiger partial charge is 0.350 e. The number of carbonyl (C=O) groups excluding carboxylic acids is 2. The number of rotatable bonds is 5. The van der Waals surface area contributed by atoms with E-state index in [2.05, 4.69) is 5.32 Å². The second-order valence-electron chi connectivity index (χ2n) is 8.37. The minimum Gasteiger partial charge on any atom is -0.350 e. The van der Waals surface area contributed by atoms with Gasteiger partial charge >= 0.3 is 0 Å². The normalized spacial score (nSPS) is 27.8. The molecule has 30 heavy (non-hydrogen) atoms. The minimum absolute atomic E-state index is 0.0196. The number of nitrogens with two attached hydrogens (primary N) is 1. The Kier molecular flexibility index (Phi) is 5.82. The second-order valence-corrected chi connectivity index (χ2v) is 10.3. The molecule has 1 aromatic carbocycles. The SMILES string of the molecule is NC1CCC(NC(=O)C2N(C(=O)C3CC3)CCN2S(=O)(=O)c2ccc(F)cc2)CC1. The van der Waals surface area contributed by atoms with E-state index >= 15 is 0 Å². The Morgan fingerprint density at radius 3 is 2.23 bits per heavy atom. The lowest BCUT2D eigenvalue weighted by atomic mass is 9.92. The highest BCUT2D eigenvalue weighted by Crippen LogP contribution is 2.34. The number of nitrogens with one attached hydrogen (secondary N) is 1. The molecule has 10 heteroatoms. The molecule has 2 saturated carbocycles. The molecule has 2 aliphatic carbocycles. The molecule has 1 unspecified atom stereocenters. The van der Waals surface area contributed by atoms with Crippen LogP contribution in [0.25, 0.3) is 0 Å². The number of hydrogen-bond donors (Lipinski definition) is 2. The van der Waals surface area contributed by atoms with Crippen molar-refractivity contribution in [3.05, 3.63) is 30.1 Å². The predicted octanol–water partition coefficient (Wildman–Crippen LogP) is 0.781. The fourth-order valence-corrected chi connectivity index (χ4v) is 5.75. The molecular weight excluding hydrogens is 411 g/mol. The number of benzene rings is 1. The molecule has 0 spiro atoms. The first kappa shape index (κ1) is 21.2. The summed E-state index contributed by atoms with van der Waals surface area (Å²) in [7, 11) is -4.08. The molecule has 4 rings (SSSR count). The standard InChI is InChI=1S/C20H27FN4O4S/c21-14-3-9-17(10-4-14)30(28,29)25-12-11-24(20(27)13-1-2-13)19(25)18(26)23-16-7-5-15(22)6-8-16/h3-4,9-10,13,15-16,19H,1-2,5-8,11-12,22H2,(H,23,26). The van der Waals surface area contributed by atoms with Crippen LogP contribution in [-0.2, 0) is 19.6 Å². The van der Waals surface area contributed by atoms with Gasteiger partial charge in [-0.05, 0) is 62.8 Å². The molecule has 0 aromatic heterocycles. The van der Waals surface area contributed by atoms with Crippen molar-refractivity contribution in [2.45, 2.75) is 61.7 Å². The Bertz CT molecular complexity index is 911. The van der Waals surface area contributed by atoms with Crippen molar-refractivity contribution in [2.75, 3.05) is 13.1 Å². The molecule has 1 heterocycles.